The lowest BCUT2D eigenvalue weighted by Gasteiger charge is -2.32. The number of nitrogens with one attached hydrogen (secondary N) is 1. The molecule has 0 aliphatic carbocycles. The van der Waals surface area contributed by atoms with Crippen molar-refractivity contribution in [1.29, 1.82) is 0 Å². The zero-order valence-corrected chi connectivity index (χ0v) is 16.0. The van der Waals surface area contributed by atoms with Crippen molar-refractivity contribution >= 4 is 22.6 Å². The molecule has 0 aromatic heterocycles. The lowest BCUT2D eigenvalue weighted by atomic mass is 9.93. The number of carbonyl (C=O) groups excluding carboxylic acids is 2. The van der Waals surface area contributed by atoms with E-state index in [1.807, 2.05) is 19.1 Å². The van der Waals surface area contributed by atoms with Crippen LogP contribution in [0.3, 0.4) is 0 Å². The molecule has 1 aliphatic rings. The topological polar surface area (TPSA) is 75.4 Å². The Kier molecular flexibility index (Phi) is 6.45. The first-order valence-corrected chi connectivity index (χ1v) is 9.80. The second-order valence-electron chi connectivity index (χ2n) is 7.64. The van der Waals surface area contributed by atoms with Gasteiger partial charge in [-0.25, -0.2) is 0 Å². The van der Waals surface area contributed by atoms with Crippen LogP contribution in [0.2, 0.25) is 0 Å². The molecule has 2 aromatic carbocycles. The fraction of sp³-hybridized carbons (Fsp3) is 0.455. The molecule has 2 unspecified atom stereocenters. The highest BCUT2D eigenvalue weighted by molar-refractivity contribution is 5.83. The van der Waals surface area contributed by atoms with Crippen molar-refractivity contribution in [3.8, 4) is 0 Å². The van der Waals surface area contributed by atoms with Gasteiger partial charge in [-0.2, -0.15) is 0 Å². The van der Waals surface area contributed by atoms with Crippen LogP contribution in [0.5, 0.6) is 0 Å². The Morgan fingerprint density at radius 1 is 1.22 bits per heavy atom. The monoisotopic (exact) mass is 367 g/mol. The van der Waals surface area contributed by atoms with Crippen LogP contribution in [0.15, 0.2) is 42.5 Å². The molecule has 0 spiro atoms. The minimum atomic E-state index is -0.242. The van der Waals surface area contributed by atoms with Crippen LogP contribution in [-0.4, -0.2) is 36.3 Å². The van der Waals surface area contributed by atoms with Crippen molar-refractivity contribution in [3.05, 3.63) is 48.0 Å². The summed E-state index contributed by atoms with van der Waals surface area (Å²) < 4.78 is 0. The van der Waals surface area contributed by atoms with Gasteiger partial charge in [0.05, 0.1) is 12.6 Å². The molecule has 1 fully saturated rings. The standard InChI is InChI=1S/C22H29N3O2/c1-16(19-10-9-18-6-2-3-7-20(18)13-19)24-22(27)15-25-12-4-5-17(14-25)8-11-21(23)26/h2-3,6-7,9-10,13,16-17H,4-5,8,11-12,14-15H2,1H3,(H2,23,26)(H,24,27). The van der Waals surface area contributed by atoms with Crippen molar-refractivity contribution in [1.82, 2.24) is 10.2 Å². The summed E-state index contributed by atoms with van der Waals surface area (Å²) in [6.07, 6.45) is 3.43. The maximum absolute atomic E-state index is 12.5. The van der Waals surface area contributed by atoms with E-state index >= 15 is 0 Å². The quantitative estimate of drug-likeness (QED) is 0.790. The fourth-order valence-electron chi connectivity index (χ4n) is 3.93. The fourth-order valence-corrected chi connectivity index (χ4v) is 3.93. The molecule has 3 N–H and O–H groups in total. The summed E-state index contributed by atoms with van der Waals surface area (Å²) in [4.78, 5) is 25.7. The van der Waals surface area contributed by atoms with Gasteiger partial charge in [-0.1, -0.05) is 36.4 Å². The zero-order valence-electron chi connectivity index (χ0n) is 16.0. The van der Waals surface area contributed by atoms with Crippen molar-refractivity contribution in [3.63, 3.8) is 0 Å². The lowest BCUT2D eigenvalue weighted by molar-refractivity contribution is -0.123. The normalized spacial score (nSPS) is 18.9. The van der Waals surface area contributed by atoms with Crippen molar-refractivity contribution < 1.29 is 9.59 Å². The number of rotatable bonds is 7. The van der Waals surface area contributed by atoms with Gasteiger partial charge in [0.25, 0.3) is 0 Å². The van der Waals surface area contributed by atoms with E-state index in [-0.39, 0.29) is 17.9 Å². The number of amides is 2. The van der Waals surface area contributed by atoms with Gasteiger partial charge in [0, 0.05) is 13.0 Å². The lowest BCUT2D eigenvalue weighted by Crippen LogP contribution is -2.43. The summed E-state index contributed by atoms with van der Waals surface area (Å²) in [6, 6.07) is 14.5. The number of primary amides is 1. The molecule has 0 bridgehead atoms. The minimum absolute atomic E-state index is 0.0300. The number of nitrogens with two attached hydrogens (primary N) is 1. The molecule has 5 nitrogen and oxygen atoms in total. The molecule has 27 heavy (non-hydrogen) atoms. The van der Waals surface area contributed by atoms with Crippen molar-refractivity contribution in [2.75, 3.05) is 19.6 Å². The van der Waals surface area contributed by atoms with Crippen LogP contribution in [0.25, 0.3) is 10.8 Å². The van der Waals surface area contributed by atoms with Crippen LogP contribution in [0.4, 0.5) is 0 Å². The summed E-state index contributed by atoms with van der Waals surface area (Å²) in [5.74, 6) is 0.261. The predicted molar refractivity (Wildman–Crippen MR) is 108 cm³/mol. The first-order valence-electron chi connectivity index (χ1n) is 9.80. The van der Waals surface area contributed by atoms with Gasteiger partial charge >= 0.3 is 0 Å². The third kappa shape index (κ3) is 5.54. The van der Waals surface area contributed by atoms with Gasteiger partial charge in [-0.05, 0) is 61.1 Å². The molecule has 0 saturated carbocycles. The van der Waals surface area contributed by atoms with E-state index in [9.17, 15) is 9.59 Å². The van der Waals surface area contributed by atoms with Gasteiger partial charge in [-0.3, -0.25) is 14.5 Å². The predicted octanol–water partition coefficient (Wildman–Crippen LogP) is 2.99. The molecule has 0 radical (unpaired) electrons. The number of carbonyl (C=O) groups is 2. The average Bonchev–Trinajstić information content (AvgIpc) is 2.66. The van der Waals surface area contributed by atoms with Crippen LogP contribution in [-0.2, 0) is 9.59 Å². The number of fused-ring (bicyclic) bond motifs is 1. The smallest absolute Gasteiger partial charge is 0.234 e. The van der Waals surface area contributed by atoms with E-state index in [0.29, 0.717) is 18.9 Å². The molecule has 2 atom stereocenters. The molecule has 144 valence electrons. The summed E-state index contributed by atoms with van der Waals surface area (Å²) in [7, 11) is 0. The van der Waals surface area contributed by atoms with Crippen LogP contribution in [0, 0.1) is 5.92 Å². The summed E-state index contributed by atoms with van der Waals surface area (Å²) in [5.41, 5.74) is 6.36. The number of hydrogen-bond donors (Lipinski definition) is 2. The molecule has 2 aromatic rings. The molecule has 2 amide bonds. The van der Waals surface area contributed by atoms with Crippen LogP contribution in [0.1, 0.15) is 44.2 Å². The number of benzene rings is 2. The molecule has 5 heteroatoms. The minimum Gasteiger partial charge on any atom is -0.370 e. The first-order chi connectivity index (χ1) is 13.0. The van der Waals surface area contributed by atoms with Crippen LogP contribution < -0.4 is 11.1 Å². The summed E-state index contributed by atoms with van der Waals surface area (Å²) in [5, 5.41) is 5.51. The maximum atomic E-state index is 12.5. The second-order valence-corrected chi connectivity index (χ2v) is 7.64. The Labute approximate surface area is 160 Å². The third-order valence-corrected chi connectivity index (χ3v) is 5.42. The summed E-state index contributed by atoms with van der Waals surface area (Å²) >= 11 is 0. The highest BCUT2D eigenvalue weighted by atomic mass is 16.2. The summed E-state index contributed by atoms with van der Waals surface area (Å²) in [6.45, 7) is 4.23. The van der Waals surface area contributed by atoms with E-state index in [2.05, 4.69) is 40.5 Å². The molecule has 3 rings (SSSR count). The van der Waals surface area contributed by atoms with E-state index in [4.69, 9.17) is 5.73 Å². The zero-order chi connectivity index (χ0) is 19.2. The second kappa shape index (κ2) is 9.00. The Balaban J connectivity index is 1.52. The molecular weight excluding hydrogens is 338 g/mol. The van der Waals surface area contributed by atoms with Crippen molar-refractivity contribution in [2.24, 2.45) is 11.7 Å². The van der Waals surface area contributed by atoms with Gasteiger partial charge in [0.2, 0.25) is 11.8 Å². The maximum Gasteiger partial charge on any atom is 0.234 e. The third-order valence-electron chi connectivity index (χ3n) is 5.42. The molecule has 1 saturated heterocycles. The number of nitrogens with zero attached hydrogens (tertiary/aromatic N) is 1. The van der Waals surface area contributed by atoms with Crippen molar-refractivity contribution in [2.45, 2.75) is 38.6 Å². The molecule has 1 heterocycles. The van der Waals surface area contributed by atoms with Gasteiger partial charge < -0.3 is 11.1 Å². The van der Waals surface area contributed by atoms with E-state index in [0.717, 1.165) is 37.9 Å². The number of likely N-dealkylation sites (tertiary alicyclic amines) is 1. The average molecular weight is 367 g/mol. The SMILES string of the molecule is CC(NC(=O)CN1CCCC(CCC(N)=O)C1)c1ccc2ccccc2c1. The van der Waals surface area contributed by atoms with Crippen LogP contribution >= 0.6 is 0 Å². The first kappa shape index (κ1) is 19.4. The Morgan fingerprint density at radius 3 is 2.78 bits per heavy atom. The Morgan fingerprint density at radius 2 is 2.00 bits per heavy atom. The van der Waals surface area contributed by atoms with Gasteiger partial charge in [-0.15, -0.1) is 0 Å². The van der Waals surface area contributed by atoms with E-state index in [1.54, 1.807) is 0 Å². The van der Waals surface area contributed by atoms with E-state index < -0.39 is 0 Å². The number of hydrogen-bond acceptors (Lipinski definition) is 3. The highest BCUT2D eigenvalue weighted by Crippen LogP contribution is 2.22. The highest BCUT2D eigenvalue weighted by Gasteiger charge is 2.22. The van der Waals surface area contributed by atoms with Gasteiger partial charge in [0.1, 0.15) is 0 Å². The van der Waals surface area contributed by atoms with E-state index in [1.165, 1.54) is 10.8 Å². The number of piperidine rings is 1. The molecular formula is C22H29N3O2. The van der Waals surface area contributed by atoms with Gasteiger partial charge in [0.15, 0.2) is 0 Å². The Hall–Kier alpha value is -2.40. The molecule has 1 aliphatic heterocycles. The Bertz CT molecular complexity index is 805. The largest absolute Gasteiger partial charge is 0.370 e.